The summed E-state index contributed by atoms with van der Waals surface area (Å²) < 4.78 is 19.5. The molecular formula is C20H22FNO3. The van der Waals surface area contributed by atoms with Gasteiger partial charge in [-0.3, -0.25) is 4.79 Å². The fourth-order valence-electron chi connectivity index (χ4n) is 3.35. The lowest BCUT2D eigenvalue weighted by molar-refractivity contribution is -0.138. The SMILES string of the molecule is Cc1ccccc1COc1ccc([C@@]2(CC(=O)O)C[C@H](F)CN2)cc1. The second kappa shape index (κ2) is 7.23. The van der Waals surface area contributed by atoms with Crippen molar-refractivity contribution in [3.8, 4) is 5.75 Å². The van der Waals surface area contributed by atoms with Crippen LogP contribution < -0.4 is 10.1 Å². The molecule has 1 saturated heterocycles. The Balaban J connectivity index is 1.72. The molecule has 1 aliphatic heterocycles. The van der Waals surface area contributed by atoms with Crippen LogP contribution in [0.25, 0.3) is 0 Å². The minimum atomic E-state index is -1.03. The van der Waals surface area contributed by atoms with E-state index in [4.69, 9.17) is 4.74 Å². The number of hydrogen-bond donors (Lipinski definition) is 2. The van der Waals surface area contributed by atoms with Crippen LogP contribution in [-0.2, 0) is 16.9 Å². The first-order valence-corrected chi connectivity index (χ1v) is 8.37. The van der Waals surface area contributed by atoms with Crippen molar-refractivity contribution in [1.82, 2.24) is 5.32 Å². The molecular weight excluding hydrogens is 321 g/mol. The predicted octanol–water partition coefficient (Wildman–Crippen LogP) is 3.58. The molecule has 0 aliphatic carbocycles. The lowest BCUT2D eigenvalue weighted by Gasteiger charge is -2.28. The van der Waals surface area contributed by atoms with E-state index in [9.17, 15) is 14.3 Å². The number of alkyl halides is 1. The molecule has 3 rings (SSSR count). The van der Waals surface area contributed by atoms with Crippen molar-refractivity contribution in [2.24, 2.45) is 0 Å². The van der Waals surface area contributed by atoms with Gasteiger partial charge in [0.1, 0.15) is 18.5 Å². The highest BCUT2D eigenvalue weighted by Gasteiger charge is 2.42. The third-order valence-corrected chi connectivity index (χ3v) is 4.75. The van der Waals surface area contributed by atoms with Gasteiger partial charge in [-0.25, -0.2) is 4.39 Å². The van der Waals surface area contributed by atoms with Crippen LogP contribution in [-0.4, -0.2) is 23.8 Å². The van der Waals surface area contributed by atoms with Crippen molar-refractivity contribution in [3.63, 3.8) is 0 Å². The van der Waals surface area contributed by atoms with Crippen molar-refractivity contribution < 1.29 is 19.0 Å². The molecule has 1 fully saturated rings. The average Bonchev–Trinajstić information content (AvgIpc) is 2.96. The molecule has 0 bridgehead atoms. The molecule has 2 aromatic rings. The van der Waals surface area contributed by atoms with Crippen molar-refractivity contribution >= 4 is 5.97 Å². The van der Waals surface area contributed by atoms with Gasteiger partial charge in [-0.2, -0.15) is 0 Å². The maximum absolute atomic E-state index is 13.7. The number of carboxylic acid groups (broad SMARTS) is 1. The Morgan fingerprint density at radius 2 is 2.00 bits per heavy atom. The Morgan fingerprint density at radius 1 is 1.28 bits per heavy atom. The summed E-state index contributed by atoms with van der Waals surface area (Å²) in [6.45, 7) is 2.69. The topological polar surface area (TPSA) is 58.6 Å². The predicted molar refractivity (Wildman–Crippen MR) is 93.4 cm³/mol. The number of benzene rings is 2. The van der Waals surface area contributed by atoms with Gasteiger partial charge < -0.3 is 15.2 Å². The van der Waals surface area contributed by atoms with Gasteiger partial charge in [0.2, 0.25) is 0 Å². The summed E-state index contributed by atoms with van der Waals surface area (Å²) in [7, 11) is 0. The third kappa shape index (κ3) is 3.99. The first kappa shape index (κ1) is 17.4. The number of ether oxygens (including phenoxy) is 1. The van der Waals surface area contributed by atoms with E-state index in [0.717, 1.165) is 11.1 Å². The molecule has 2 atom stereocenters. The molecule has 0 aromatic heterocycles. The van der Waals surface area contributed by atoms with Crippen LogP contribution in [0, 0.1) is 6.92 Å². The highest BCUT2D eigenvalue weighted by molar-refractivity contribution is 5.69. The summed E-state index contributed by atoms with van der Waals surface area (Å²) >= 11 is 0. The lowest BCUT2D eigenvalue weighted by Crippen LogP contribution is -2.38. The summed E-state index contributed by atoms with van der Waals surface area (Å²) in [5.41, 5.74) is 2.22. The van der Waals surface area contributed by atoms with Gasteiger partial charge in [0.05, 0.1) is 12.0 Å². The van der Waals surface area contributed by atoms with Crippen LogP contribution in [0.5, 0.6) is 5.75 Å². The second-order valence-electron chi connectivity index (χ2n) is 6.57. The number of halogens is 1. The summed E-state index contributed by atoms with van der Waals surface area (Å²) in [6.07, 6.45) is -1.00. The van der Waals surface area contributed by atoms with E-state index < -0.39 is 17.7 Å². The minimum absolute atomic E-state index is 0.142. The molecule has 5 heteroatoms. The van der Waals surface area contributed by atoms with Crippen LogP contribution in [0.4, 0.5) is 4.39 Å². The molecule has 0 radical (unpaired) electrons. The summed E-state index contributed by atoms with van der Waals surface area (Å²) in [5, 5.41) is 12.2. The maximum atomic E-state index is 13.7. The highest BCUT2D eigenvalue weighted by Crippen LogP contribution is 2.36. The second-order valence-corrected chi connectivity index (χ2v) is 6.57. The molecule has 132 valence electrons. The molecule has 2 N–H and O–H groups in total. The zero-order chi connectivity index (χ0) is 17.9. The van der Waals surface area contributed by atoms with Gasteiger partial charge >= 0.3 is 5.97 Å². The first-order chi connectivity index (χ1) is 12.0. The van der Waals surface area contributed by atoms with E-state index >= 15 is 0 Å². The Bertz CT molecular complexity index is 747. The molecule has 0 saturated carbocycles. The van der Waals surface area contributed by atoms with Crippen molar-refractivity contribution in [3.05, 3.63) is 65.2 Å². The normalized spacial score (nSPS) is 22.7. The van der Waals surface area contributed by atoms with Gasteiger partial charge in [-0.1, -0.05) is 36.4 Å². The fraction of sp³-hybridized carbons (Fsp3) is 0.350. The Morgan fingerprint density at radius 3 is 2.60 bits per heavy atom. The van der Waals surface area contributed by atoms with E-state index in [1.807, 2.05) is 55.5 Å². The van der Waals surface area contributed by atoms with E-state index in [2.05, 4.69) is 5.32 Å². The van der Waals surface area contributed by atoms with Crippen LogP contribution in [0.1, 0.15) is 29.5 Å². The minimum Gasteiger partial charge on any atom is -0.489 e. The van der Waals surface area contributed by atoms with Crippen LogP contribution in [0.15, 0.2) is 48.5 Å². The quantitative estimate of drug-likeness (QED) is 0.842. The molecule has 1 heterocycles. The monoisotopic (exact) mass is 343 g/mol. The average molecular weight is 343 g/mol. The van der Waals surface area contributed by atoms with Gasteiger partial charge in [-0.05, 0) is 35.7 Å². The summed E-state index contributed by atoms with van der Waals surface area (Å²) in [6, 6.07) is 15.3. The largest absolute Gasteiger partial charge is 0.489 e. The van der Waals surface area contributed by atoms with Gasteiger partial charge in [0.15, 0.2) is 0 Å². The number of rotatable bonds is 6. The standard InChI is InChI=1S/C20H22FNO3/c1-14-4-2-3-5-15(14)13-25-18-8-6-16(7-9-18)20(11-19(23)24)10-17(21)12-22-20/h2-9,17,22H,10-13H2,1H3,(H,23,24)/t17-,20-/m0/s1. The Labute approximate surface area is 146 Å². The molecule has 25 heavy (non-hydrogen) atoms. The molecule has 0 amide bonds. The molecule has 4 nitrogen and oxygen atoms in total. The zero-order valence-electron chi connectivity index (χ0n) is 14.2. The van der Waals surface area contributed by atoms with Crippen LogP contribution >= 0.6 is 0 Å². The number of carboxylic acids is 1. The number of hydrogen-bond acceptors (Lipinski definition) is 3. The number of carbonyl (C=O) groups is 1. The van der Waals surface area contributed by atoms with E-state index in [0.29, 0.717) is 12.4 Å². The number of aryl methyl sites for hydroxylation is 1. The van der Waals surface area contributed by atoms with Crippen molar-refractivity contribution in [2.75, 3.05) is 6.54 Å². The van der Waals surface area contributed by atoms with Crippen molar-refractivity contribution in [2.45, 2.75) is 38.1 Å². The van der Waals surface area contributed by atoms with E-state index in [1.165, 1.54) is 5.56 Å². The lowest BCUT2D eigenvalue weighted by atomic mass is 9.85. The number of aliphatic carboxylic acids is 1. The smallest absolute Gasteiger partial charge is 0.305 e. The van der Waals surface area contributed by atoms with E-state index in [1.54, 1.807) is 0 Å². The molecule has 2 aromatic carbocycles. The fourth-order valence-corrected chi connectivity index (χ4v) is 3.35. The number of nitrogens with one attached hydrogen (secondary N) is 1. The summed E-state index contributed by atoms with van der Waals surface area (Å²) in [4.78, 5) is 11.2. The molecule has 1 aliphatic rings. The highest BCUT2D eigenvalue weighted by atomic mass is 19.1. The summed E-state index contributed by atoms with van der Waals surface area (Å²) in [5.74, 6) is -0.242. The van der Waals surface area contributed by atoms with Gasteiger partial charge in [0, 0.05) is 13.0 Å². The Kier molecular flexibility index (Phi) is 5.04. The zero-order valence-corrected chi connectivity index (χ0v) is 14.2. The van der Waals surface area contributed by atoms with Gasteiger partial charge in [-0.15, -0.1) is 0 Å². The van der Waals surface area contributed by atoms with Crippen molar-refractivity contribution in [1.29, 1.82) is 0 Å². The maximum Gasteiger partial charge on any atom is 0.305 e. The van der Waals surface area contributed by atoms with Gasteiger partial charge in [0.25, 0.3) is 0 Å². The van der Waals surface area contributed by atoms with E-state index in [-0.39, 0.29) is 19.4 Å². The first-order valence-electron chi connectivity index (χ1n) is 8.37. The molecule has 0 unspecified atom stereocenters. The van der Waals surface area contributed by atoms with Crippen LogP contribution in [0.2, 0.25) is 0 Å². The van der Waals surface area contributed by atoms with Crippen LogP contribution in [0.3, 0.4) is 0 Å². The third-order valence-electron chi connectivity index (χ3n) is 4.75. The Hall–Kier alpha value is -2.40. The molecule has 0 spiro atoms.